The largest absolute Gasteiger partial charge is 0.465 e. The third kappa shape index (κ3) is 7.06. The molecule has 32 heavy (non-hydrogen) atoms. The van der Waals surface area contributed by atoms with E-state index in [1.807, 2.05) is 17.5 Å². The number of aromatic amines is 1. The second-order valence-electron chi connectivity index (χ2n) is 6.48. The predicted octanol–water partition coefficient (Wildman–Crippen LogP) is 2.21. The predicted molar refractivity (Wildman–Crippen MR) is 122 cm³/mol. The molecule has 0 bridgehead atoms. The summed E-state index contributed by atoms with van der Waals surface area (Å²) >= 11 is 2.59. The average Bonchev–Trinajstić information content (AvgIpc) is 3.30. The van der Waals surface area contributed by atoms with Crippen molar-refractivity contribution < 1.29 is 19.1 Å². The zero-order valence-electron chi connectivity index (χ0n) is 17.0. The molecule has 0 fully saturated rings. The molecule has 166 valence electrons. The third-order valence-corrected chi connectivity index (χ3v) is 5.83. The number of thiophene rings is 1. The van der Waals surface area contributed by atoms with Crippen LogP contribution in [0.4, 0.5) is 5.69 Å². The molecular formula is C21H20N4O5S2. The molecule has 0 saturated heterocycles. The van der Waals surface area contributed by atoms with Crippen LogP contribution in [0.5, 0.6) is 0 Å². The van der Waals surface area contributed by atoms with Gasteiger partial charge in [0.1, 0.15) is 0 Å². The van der Waals surface area contributed by atoms with Gasteiger partial charge in [0, 0.05) is 16.6 Å². The molecule has 11 heteroatoms. The molecule has 2 aromatic heterocycles. The number of ether oxygens (including phenoxy) is 1. The van der Waals surface area contributed by atoms with Gasteiger partial charge in [-0.3, -0.25) is 14.4 Å². The fourth-order valence-electron chi connectivity index (χ4n) is 2.61. The monoisotopic (exact) mass is 472 g/mol. The van der Waals surface area contributed by atoms with Crippen molar-refractivity contribution in [3.8, 4) is 0 Å². The van der Waals surface area contributed by atoms with Crippen LogP contribution < -0.4 is 16.2 Å². The maximum Gasteiger partial charge on any atom is 0.337 e. The summed E-state index contributed by atoms with van der Waals surface area (Å²) in [6, 6.07) is 11.3. The Morgan fingerprint density at radius 3 is 2.62 bits per heavy atom. The van der Waals surface area contributed by atoms with Crippen LogP contribution in [-0.2, 0) is 27.3 Å². The highest BCUT2D eigenvalue weighted by molar-refractivity contribution is 7.99. The van der Waals surface area contributed by atoms with Crippen molar-refractivity contribution in [1.29, 1.82) is 0 Å². The maximum atomic E-state index is 12.2. The number of carbonyl (C=O) groups is 3. The number of esters is 1. The highest BCUT2D eigenvalue weighted by Crippen LogP contribution is 2.14. The van der Waals surface area contributed by atoms with E-state index in [1.54, 1.807) is 35.6 Å². The molecule has 1 aromatic carbocycles. The minimum absolute atomic E-state index is 0.00425. The molecule has 0 unspecified atom stereocenters. The molecule has 0 saturated carbocycles. The number of amides is 2. The highest BCUT2D eigenvalue weighted by Gasteiger charge is 2.11. The summed E-state index contributed by atoms with van der Waals surface area (Å²) in [5, 5.41) is 7.65. The van der Waals surface area contributed by atoms with E-state index in [9.17, 15) is 19.2 Å². The molecule has 0 aliphatic rings. The van der Waals surface area contributed by atoms with E-state index in [1.165, 1.54) is 13.2 Å². The Morgan fingerprint density at radius 1 is 1.16 bits per heavy atom. The van der Waals surface area contributed by atoms with Crippen LogP contribution >= 0.6 is 23.1 Å². The number of methoxy groups -OCH3 is 1. The van der Waals surface area contributed by atoms with Gasteiger partial charge in [-0.15, -0.1) is 11.3 Å². The van der Waals surface area contributed by atoms with E-state index in [0.29, 0.717) is 23.5 Å². The number of anilines is 1. The summed E-state index contributed by atoms with van der Waals surface area (Å²) < 4.78 is 4.63. The van der Waals surface area contributed by atoms with Gasteiger partial charge in [0.15, 0.2) is 5.16 Å². The Morgan fingerprint density at radius 2 is 1.94 bits per heavy atom. The number of hydrogen-bond donors (Lipinski definition) is 3. The number of aromatic nitrogens is 2. The summed E-state index contributed by atoms with van der Waals surface area (Å²) in [6.45, 7) is 0.419. The number of benzene rings is 1. The van der Waals surface area contributed by atoms with Gasteiger partial charge in [-0.05, 0) is 35.7 Å². The quantitative estimate of drug-likeness (QED) is 0.247. The number of H-pyrrole nitrogens is 1. The fraction of sp³-hybridized carbons (Fsp3) is 0.190. The number of rotatable bonds is 9. The van der Waals surface area contributed by atoms with Crippen molar-refractivity contribution in [2.45, 2.75) is 18.1 Å². The summed E-state index contributed by atoms with van der Waals surface area (Å²) in [6.07, 6.45) is -0.0401. The maximum absolute atomic E-state index is 12.2. The topological polar surface area (TPSA) is 130 Å². The van der Waals surface area contributed by atoms with Gasteiger partial charge in [0.2, 0.25) is 11.8 Å². The van der Waals surface area contributed by atoms with Crippen LogP contribution in [0.1, 0.15) is 20.9 Å². The Labute approximate surface area is 191 Å². The molecule has 2 heterocycles. The molecule has 3 aromatic rings. The molecule has 3 rings (SSSR count). The first-order valence-corrected chi connectivity index (χ1v) is 11.3. The van der Waals surface area contributed by atoms with E-state index in [-0.39, 0.29) is 29.1 Å². The standard InChI is InChI=1S/C21H20N4O5S2/c1-30-20(29)13-4-6-14(7-5-13)23-19(28)12-32-21-24-15(10-18(27)25-21)9-17(26)22-11-16-3-2-8-31-16/h2-8,10H,9,11-12H2,1H3,(H,22,26)(H,23,28)(H,24,25,27). The summed E-state index contributed by atoms with van der Waals surface area (Å²) in [7, 11) is 1.29. The van der Waals surface area contributed by atoms with E-state index in [0.717, 1.165) is 16.6 Å². The Bertz CT molecular complexity index is 1140. The highest BCUT2D eigenvalue weighted by atomic mass is 32.2. The normalized spacial score (nSPS) is 10.4. The van der Waals surface area contributed by atoms with Crippen LogP contribution in [0.2, 0.25) is 0 Å². The van der Waals surface area contributed by atoms with Gasteiger partial charge in [-0.25, -0.2) is 9.78 Å². The molecule has 3 N–H and O–H groups in total. The van der Waals surface area contributed by atoms with Crippen LogP contribution in [0.15, 0.2) is 57.8 Å². The number of hydrogen-bond acceptors (Lipinski definition) is 8. The summed E-state index contributed by atoms with van der Waals surface area (Å²) in [4.78, 5) is 55.5. The van der Waals surface area contributed by atoms with E-state index >= 15 is 0 Å². The van der Waals surface area contributed by atoms with Gasteiger partial charge >= 0.3 is 5.97 Å². The first-order chi connectivity index (χ1) is 15.4. The zero-order valence-corrected chi connectivity index (χ0v) is 18.7. The lowest BCUT2D eigenvalue weighted by Crippen LogP contribution is -2.25. The summed E-state index contributed by atoms with van der Waals surface area (Å²) in [5.74, 6) is -1.04. The number of thioether (sulfide) groups is 1. The van der Waals surface area contributed by atoms with E-state index < -0.39 is 11.5 Å². The van der Waals surface area contributed by atoms with Crippen molar-refractivity contribution in [3.05, 3.63) is 74.3 Å². The Kier molecular flexibility index (Phi) is 8.17. The van der Waals surface area contributed by atoms with Gasteiger partial charge in [0.25, 0.3) is 5.56 Å². The average molecular weight is 473 g/mol. The lowest BCUT2D eigenvalue weighted by Gasteiger charge is -2.07. The van der Waals surface area contributed by atoms with Crippen molar-refractivity contribution in [1.82, 2.24) is 15.3 Å². The zero-order chi connectivity index (χ0) is 22.9. The van der Waals surface area contributed by atoms with Crippen molar-refractivity contribution in [3.63, 3.8) is 0 Å². The smallest absolute Gasteiger partial charge is 0.337 e. The SMILES string of the molecule is COC(=O)c1ccc(NC(=O)CSc2nc(CC(=O)NCc3cccs3)cc(=O)[nH]2)cc1. The first-order valence-electron chi connectivity index (χ1n) is 9.43. The van der Waals surface area contributed by atoms with Gasteiger partial charge < -0.3 is 20.4 Å². The van der Waals surface area contributed by atoms with Crippen LogP contribution in [0, 0.1) is 0 Å². The molecule has 0 spiro atoms. The molecule has 2 amide bonds. The van der Waals surface area contributed by atoms with Gasteiger partial charge in [-0.1, -0.05) is 17.8 Å². The minimum atomic E-state index is -0.464. The molecule has 0 aliphatic heterocycles. The van der Waals surface area contributed by atoms with E-state index in [2.05, 4.69) is 25.3 Å². The number of carbonyl (C=O) groups excluding carboxylic acids is 3. The van der Waals surface area contributed by atoms with Crippen LogP contribution in [0.25, 0.3) is 0 Å². The van der Waals surface area contributed by atoms with Crippen LogP contribution in [0.3, 0.4) is 0 Å². The lowest BCUT2D eigenvalue weighted by molar-refractivity contribution is -0.120. The molecule has 0 radical (unpaired) electrons. The second kappa shape index (κ2) is 11.3. The van der Waals surface area contributed by atoms with Gasteiger partial charge in [0.05, 0.1) is 37.1 Å². The van der Waals surface area contributed by atoms with Crippen molar-refractivity contribution in [2.75, 3.05) is 18.2 Å². The van der Waals surface area contributed by atoms with E-state index in [4.69, 9.17) is 0 Å². The minimum Gasteiger partial charge on any atom is -0.465 e. The Hall–Kier alpha value is -3.44. The first kappa shape index (κ1) is 23.2. The third-order valence-electron chi connectivity index (χ3n) is 4.08. The van der Waals surface area contributed by atoms with Crippen LogP contribution in [-0.4, -0.2) is 40.6 Å². The molecule has 0 aliphatic carbocycles. The molecular weight excluding hydrogens is 452 g/mol. The number of nitrogens with one attached hydrogen (secondary N) is 3. The molecule has 0 atom stereocenters. The van der Waals surface area contributed by atoms with Crippen molar-refractivity contribution >= 4 is 46.6 Å². The molecule has 9 nitrogen and oxygen atoms in total. The lowest BCUT2D eigenvalue weighted by atomic mass is 10.2. The Balaban J connectivity index is 1.51. The second-order valence-corrected chi connectivity index (χ2v) is 8.48. The van der Waals surface area contributed by atoms with Crippen molar-refractivity contribution in [2.24, 2.45) is 0 Å². The summed E-state index contributed by atoms with van der Waals surface area (Å²) in [5.41, 5.74) is 0.805. The fourth-order valence-corrected chi connectivity index (χ4v) is 3.95. The number of nitrogens with zero attached hydrogens (tertiary/aromatic N) is 1. The van der Waals surface area contributed by atoms with Gasteiger partial charge in [-0.2, -0.15) is 0 Å².